The minimum absolute atomic E-state index is 0.325. The van der Waals surface area contributed by atoms with Crippen LogP contribution in [0.3, 0.4) is 0 Å². The van der Waals surface area contributed by atoms with Gasteiger partial charge in [-0.05, 0) is 51.0 Å². The second-order valence-corrected chi connectivity index (χ2v) is 7.11. The Balaban J connectivity index is 2.01. The molecule has 0 spiro atoms. The van der Waals surface area contributed by atoms with Crippen LogP contribution in [0.4, 0.5) is 0 Å². The monoisotopic (exact) mass is 285 g/mol. The van der Waals surface area contributed by atoms with Crippen molar-refractivity contribution in [2.45, 2.75) is 46.5 Å². The molecule has 0 aromatic rings. The van der Waals surface area contributed by atoms with Gasteiger partial charge in [-0.2, -0.15) is 0 Å². The molecule has 0 aromatic heterocycles. The maximum atomic E-state index is 5.02. The van der Waals surface area contributed by atoms with Crippen molar-refractivity contribution in [1.29, 1.82) is 0 Å². The van der Waals surface area contributed by atoms with E-state index in [1.165, 1.54) is 36.8 Å². The van der Waals surface area contributed by atoms with E-state index in [1.54, 1.807) is 0 Å². The molecule has 0 bridgehead atoms. The summed E-state index contributed by atoms with van der Waals surface area (Å²) in [4.78, 5) is 9.62. The Kier molecular flexibility index (Phi) is 3.68. The van der Waals surface area contributed by atoms with Crippen molar-refractivity contribution < 1.29 is 0 Å². The first-order chi connectivity index (χ1) is 9.99. The summed E-state index contributed by atoms with van der Waals surface area (Å²) >= 11 is 0. The number of rotatable bonds is 2. The second kappa shape index (κ2) is 5.36. The van der Waals surface area contributed by atoms with Gasteiger partial charge in [0.2, 0.25) is 0 Å². The molecule has 0 atom stereocenters. The lowest BCUT2D eigenvalue weighted by atomic mass is 9.95. The number of likely N-dealkylation sites (tertiary alicyclic amines) is 1. The fraction of sp³-hybridized carbons (Fsp3) is 0.611. The van der Waals surface area contributed by atoms with E-state index in [1.807, 2.05) is 0 Å². The number of hydrogen-bond acceptors (Lipinski definition) is 3. The number of amidine groups is 1. The van der Waals surface area contributed by atoms with Gasteiger partial charge >= 0.3 is 0 Å². The maximum Gasteiger partial charge on any atom is 0.138 e. The van der Waals surface area contributed by atoms with E-state index in [9.17, 15) is 0 Å². The fourth-order valence-electron chi connectivity index (χ4n) is 3.10. The Morgan fingerprint density at radius 2 is 1.90 bits per heavy atom. The van der Waals surface area contributed by atoms with Crippen LogP contribution in [0.1, 0.15) is 46.5 Å². The summed E-state index contributed by atoms with van der Waals surface area (Å²) in [6.07, 6.45) is 11.8. The van der Waals surface area contributed by atoms with Gasteiger partial charge in [0.15, 0.2) is 0 Å². The summed E-state index contributed by atoms with van der Waals surface area (Å²) in [5.41, 5.74) is 3.09. The predicted molar refractivity (Wildman–Crippen MR) is 88.9 cm³/mol. The summed E-state index contributed by atoms with van der Waals surface area (Å²) in [6, 6.07) is 0. The summed E-state index contributed by atoms with van der Waals surface area (Å²) in [5.74, 6) is 2.28. The fourth-order valence-corrected chi connectivity index (χ4v) is 3.10. The summed E-state index contributed by atoms with van der Waals surface area (Å²) in [7, 11) is 2.11. The molecule has 3 rings (SSSR count). The van der Waals surface area contributed by atoms with Crippen molar-refractivity contribution in [3.8, 4) is 0 Å². The van der Waals surface area contributed by atoms with Gasteiger partial charge in [0.25, 0.3) is 0 Å². The Morgan fingerprint density at radius 3 is 2.48 bits per heavy atom. The smallest absolute Gasteiger partial charge is 0.138 e. The summed E-state index contributed by atoms with van der Waals surface area (Å²) in [5, 5.41) is 0. The molecule has 2 heterocycles. The lowest BCUT2D eigenvalue weighted by Gasteiger charge is -2.28. The first-order valence-corrected chi connectivity index (χ1v) is 8.14. The quantitative estimate of drug-likeness (QED) is 0.766. The highest BCUT2D eigenvalue weighted by Crippen LogP contribution is 2.53. The number of allylic oxidation sites excluding steroid dienone is 3. The Hall–Kier alpha value is -1.51. The number of hydrogen-bond donors (Lipinski definition) is 0. The van der Waals surface area contributed by atoms with Gasteiger partial charge in [0, 0.05) is 31.9 Å². The van der Waals surface area contributed by atoms with E-state index in [4.69, 9.17) is 4.99 Å². The molecule has 1 saturated carbocycles. The molecule has 0 amide bonds. The largest absolute Gasteiger partial charge is 0.357 e. The highest BCUT2D eigenvalue weighted by molar-refractivity contribution is 5.94. The number of aliphatic imine (C=N–C) groups is 1. The third-order valence-electron chi connectivity index (χ3n) is 4.76. The molecule has 3 heteroatoms. The van der Waals surface area contributed by atoms with Gasteiger partial charge in [0.1, 0.15) is 11.7 Å². The van der Waals surface area contributed by atoms with Crippen molar-refractivity contribution in [2.24, 2.45) is 10.4 Å². The molecule has 1 saturated heterocycles. The molecule has 2 aliphatic heterocycles. The van der Waals surface area contributed by atoms with E-state index in [2.05, 4.69) is 56.0 Å². The SMILES string of the molecule is CC(C)=C/C(=C1/N=C(N2CCCC2)C=CN1C)C1(C)CC1. The Morgan fingerprint density at radius 1 is 1.24 bits per heavy atom. The van der Waals surface area contributed by atoms with Crippen molar-refractivity contribution in [1.82, 2.24) is 9.80 Å². The van der Waals surface area contributed by atoms with Crippen LogP contribution < -0.4 is 0 Å². The van der Waals surface area contributed by atoms with Crippen LogP contribution >= 0.6 is 0 Å². The highest BCUT2D eigenvalue weighted by atomic mass is 15.3. The number of nitrogens with zero attached hydrogens (tertiary/aromatic N) is 3. The third-order valence-corrected chi connectivity index (χ3v) is 4.76. The molecule has 0 unspecified atom stereocenters. The summed E-state index contributed by atoms with van der Waals surface area (Å²) < 4.78 is 0. The molecular formula is C18H27N3. The van der Waals surface area contributed by atoms with Gasteiger partial charge in [0.05, 0.1) is 0 Å². The standard InChI is InChI=1S/C18H27N3/c1-14(2)13-15(18(3)8-9-18)17-19-16(7-12-20(17)4)21-10-5-6-11-21/h7,12-13H,5-6,8-11H2,1-4H3/b17-15+. The zero-order chi connectivity index (χ0) is 15.0. The zero-order valence-electron chi connectivity index (χ0n) is 13.8. The lowest BCUT2D eigenvalue weighted by molar-refractivity contribution is 0.490. The molecule has 0 aromatic carbocycles. The van der Waals surface area contributed by atoms with Crippen molar-refractivity contribution in [2.75, 3.05) is 20.1 Å². The Labute approximate surface area is 128 Å². The van der Waals surface area contributed by atoms with Gasteiger partial charge in [-0.3, -0.25) is 0 Å². The second-order valence-electron chi connectivity index (χ2n) is 7.11. The van der Waals surface area contributed by atoms with Crippen LogP contribution in [0.25, 0.3) is 0 Å². The van der Waals surface area contributed by atoms with Crippen LogP contribution in [-0.2, 0) is 0 Å². The minimum Gasteiger partial charge on any atom is -0.357 e. The molecular weight excluding hydrogens is 258 g/mol. The van der Waals surface area contributed by atoms with Gasteiger partial charge in [-0.15, -0.1) is 0 Å². The average Bonchev–Trinajstić information content (AvgIpc) is 2.98. The van der Waals surface area contributed by atoms with E-state index < -0.39 is 0 Å². The minimum atomic E-state index is 0.325. The lowest BCUT2D eigenvalue weighted by Crippen LogP contribution is -2.30. The van der Waals surface area contributed by atoms with Crippen LogP contribution in [0.5, 0.6) is 0 Å². The first-order valence-electron chi connectivity index (χ1n) is 8.14. The topological polar surface area (TPSA) is 18.8 Å². The van der Waals surface area contributed by atoms with E-state index >= 15 is 0 Å². The van der Waals surface area contributed by atoms with Crippen molar-refractivity contribution in [3.05, 3.63) is 35.3 Å². The highest BCUT2D eigenvalue weighted by Gasteiger charge is 2.42. The molecule has 0 radical (unpaired) electrons. The molecule has 21 heavy (non-hydrogen) atoms. The summed E-state index contributed by atoms with van der Waals surface area (Å²) in [6.45, 7) is 9.02. The predicted octanol–water partition coefficient (Wildman–Crippen LogP) is 3.92. The first kappa shape index (κ1) is 14.4. The van der Waals surface area contributed by atoms with Gasteiger partial charge in [-0.1, -0.05) is 18.6 Å². The maximum absolute atomic E-state index is 5.02. The van der Waals surface area contributed by atoms with Crippen LogP contribution in [0, 0.1) is 5.41 Å². The van der Waals surface area contributed by atoms with Crippen molar-refractivity contribution in [3.63, 3.8) is 0 Å². The van der Waals surface area contributed by atoms with E-state index in [0.29, 0.717) is 5.41 Å². The normalized spacial score (nSPS) is 25.8. The molecule has 3 nitrogen and oxygen atoms in total. The molecule has 1 aliphatic carbocycles. The van der Waals surface area contributed by atoms with Gasteiger partial charge in [-0.25, -0.2) is 4.99 Å². The molecule has 0 N–H and O–H groups in total. The zero-order valence-corrected chi connectivity index (χ0v) is 13.8. The Bertz CT molecular complexity index is 537. The van der Waals surface area contributed by atoms with Gasteiger partial charge < -0.3 is 9.80 Å². The van der Waals surface area contributed by atoms with Crippen LogP contribution in [0.15, 0.2) is 40.3 Å². The van der Waals surface area contributed by atoms with Crippen LogP contribution in [0.2, 0.25) is 0 Å². The van der Waals surface area contributed by atoms with Crippen LogP contribution in [-0.4, -0.2) is 35.8 Å². The molecule has 114 valence electrons. The average molecular weight is 285 g/mol. The molecule has 2 fully saturated rings. The van der Waals surface area contributed by atoms with E-state index in [0.717, 1.165) is 24.7 Å². The van der Waals surface area contributed by atoms with E-state index in [-0.39, 0.29) is 0 Å². The van der Waals surface area contributed by atoms with Crippen molar-refractivity contribution >= 4 is 5.84 Å². The molecule has 3 aliphatic rings. The third kappa shape index (κ3) is 2.92.